The van der Waals surface area contributed by atoms with Crippen LogP contribution in [0.3, 0.4) is 0 Å². The lowest BCUT2D eigenvalue weighted by Gasteiger charge is -2.11. The highest BCUT2D eigenvalue weighted by atomic mass is 16.5. The summed E-state index contributed by atoms with van der Waals surface area (Å²) in [6.07, 6.45) is 1.85. The quantitative estimate of drug-likeness (QED) is 0.538. The number of hydrogen-bond donors (Lipinski definition) is 1. The van der Waals surface area contributed by atoms with Crippen molar-refractivity contribution in [1.82, 2.24) is 14.8 Å². The number of para-hydroxylation sites is 1. The van der Waals surface area contributed by atoms with Gasteiger partial charge in [-0.2, -0.15) is 0 Å². The summed E-state index contributed by atoms with van der Waals surface area (Å²) in [6.45, 7) is 1.87. The SMILES string of the molecule is COc1ccc(NC(=O)Cn2cc(-c3nnc(C)o3)c3ccccc32)cc1OC. The highest BCUT2D eigenvalue weighted by Gasteiger charge is 2.16. The summed E-state index contributed by atoms with van der Waals surface area (Å²) in [7, 11) is 3.12. The maximum absolute atomic E-state index is 12.7. The summed E-state index contributed by atoms with van der Waals surface area (Å²) >= 11 is 0. The second-order valence-electron chi connectivity index (χ2n) is 6.43. The molecule has 1 N–H and O–H groups in total. The van der Waals surface area contributed by atoms with Gasteiger partial charge in [0.2, 0.25) is 17.7 Å². The molecule has 0 fully saturated rings. The highest BCUT2D eigenvalue weighted by molar-refractivity contribution is 5.96. The molecule has 8 heteroatoms. The van der Waals surface area contributed by atoms with E-state index in [-0.39, 0.29) is 12.5 Å². The Labute approximate surface area is 167 Å². The van der Waals surface area contributed by atoms with Gasteiger partial charge < -0.3 is 23.8 Å². The number of aryl methyl sites for hydroxylation is 1. The number of benzene rings is 2. The first-order valence-electron chi connectivity index (χ1n) is 8.99. The molecule has 148 valence electrons. The molecule has 4 rings (SSSR count). The Morgan fingerprint density at radius 1 is 1.10 bits per heavy atom. The zero-order chi connectivity index (χ0) is 20.4. The van der Waals surface area contributed by atoms with Crippen LogP contribution in [0.25, 0.3) is 22.4 Å². The van der Waals surface area contributed by atoms with Crippen LogP contribution in [0.2, 0.25) is 0 Å². The zero-order valence-corrected chi connectivity index (χ0v) is 16.3. The largest absolute Gasteiger partial charge is 0.493 e. The normalized spacial score (nSPS) is 10.9. The number of ether oxygens (including phenoxy) is 2. The molecular formula is C21H20N4O4. The van der Waals surface area contributed by atoms with Gasteiger partial charge in [0.25, 0.3) is 0 Å². The topological polar surface area (TPSA) is 91.4 Å². The predicted molar refractivity (Wildman–Crippen MR) is 108 cm³/mol. The van der Waals surface area contributed by atoms with Gasteiger partial charge in [-0.15, -0.1) is 10.2 Å². The minimum Gasteiger partial charge on any atom is -0.493 e. The molecule has 0 aliphatic carbocycles. The Bertz CT molecular complexity index is 1180. The third kappa shape index (κ3) is 3.64. The molecule has 0 saturated carbocycles. The van der Waals surface area contributed by atoms with E-state index in [9.17, 15) is 4.79 Å². The maximum atomic E-state index is 12.7. The van der Waals surface area contributed by atoms with Crippen molar-refractivity contribution in [3.05, 3.63) is 54.6 Å². The molecule has 2 aromatic heterocycles. The lowest BCUT2D eigenvalue weighted by Crippen LogP contribution is -2.18. The van der Waals surface area contributed by atoms with E-state index < -0.39 is 0 Å². The van der Waals surface area contributed by atoms with Crippen LogP contribution in [0.1, 0.15) is 5.89 Å². The number of amides is 1. The second kappa shape index (κ2) is 7.67. The number of rotatable bonds is 6. The van der Waals surface area contributed by atoms with Gasteiger partial charge >= 0.3 is 0 Å². The number of fused-ring (bicyclic) bond motifs is 1. The fraction of sp³-hybridized carbons (Fsp3) is 0.190. The molecule has 0 bridgehead atoms. The van der Waals surface area contributed by atoms with E-state index in [0.717, 1.165) is 16.5 Å². The second-order valence-corrected chi connectivity index (χ2v) is 6.43. The van der Waals surface area contributed by atoms with Gasteiger partial charge in [-0.3, -0.25) is 4.79 Å². The summed E-state index contributed by atoms with van der Waals surface area (Å²) in [5.41, 5.74) is 2.32. The van der Waals surface area contributed by atoms with Gasteiger partial charge in [-0.1, -0.05) is 18.2 Å². The molecule has 1 amide bonds. The van der Waals surface area contributed by atoms with Crippen LogP contribution in [0, 0.1) is 6.92 Å². The van der Waals surface area contributed by atoms with Gasteiger partial charge in [0.15, 0.2) is 11.5 Å². The van der Waals surface area contributed by atoms with E-state index >= 15 is 0 Å². The van der Waals surface area contributed by atoms with Crippen LogP contribution in [0.15, 0.2) is 53.1 Å². The average Bonchev–Trinajstić information content (AvgIpc) is 3.31. The number of aromatic nitrogens is 3. The molecule has 4 aromatic rings. The maximum Gasteiger partial charge on any atom is 0.249 e. The Hall–Kier alpha value is -3.81. The van der Waals surface area contributed by atoms with Crippen molar-refractivity contribution in [2.24, 2.45) is 0 Å². The first kappa shape index (κ1) is 18.5. The summed E-state index contributed by atoms with van der Waals surface area (Å²) in [6, 6.07) is 13.0. The minimum atomic E-state index is -0.175. The third-order valence-corrected chi connectivity index (χ3v) is 4.53. The van der Waals surface area contributed by atoms with Crippen molar-refractivity contribution >= 4 is 22.5 Å². The molecule has 2 aromatic carbocycles. The number of anilines is 1. The summed E-state index contributed by atoms with van der Waals surface area (Å²) < 4.78 is 17.9. The van der Waals surface area contributed by atoms with Crippen LogP contribution in [-0.2, 0) is 11.3 Å². The Morgan fingerprint density at radius 3 is 2.62 bits per heavy atom. The van der Waals surface area contributed by atoms with E-state index in [2.05, 4.69) is 15.5 Å². The molecule has 0 atom stereocenters. The van der Waals surface area contributed by atoms with E-state index in [4.69, 9.17) is 13.9 Å². The molecule has 0 radical (unpaired) electrons. The monoisotopic (exact) mass is 392 g/mol. The van der Waals surface area contributed by atoms with E-state index in [1.807, 2.05) is 35.0 Å². The van der Waals surface area contributed by atoms with Crippen molar-refractivity contribution in [2.45, 2.75) is 13.5 Å². The van der Waals surface area contributed by atoms with Gasteiger partial charge in [0.05, 0.1) is 19.8 Å². The highest BCUT2D eigenvalue weighted by Crippen LogP contribution is 2.31. The number of methoxy groups -OCH3 is 2. The first-order chi connectivity index (χ1) is 14.1. The number of hydrogen-bond acceptors (Lipinski definition) is 6. The standard InChI is InChI=1S/C21H20N4O4/c1-13-23-24-21(29-13)16-11-25(17-7-5-4-6-15(16)17)12-20(26)22-14-8-9-18(27-2)19(10-14)28-3/h4-11H,12H2,1-3H3,(H,22,26). The fourth-order valence-corrected chi connectivity index (χ4v) is 3.22. The summed E-state index contributed by atoms with van der Waals surface area (Å²) in [5, 5.41) is 11.8. The lowest BCUT2D eigenvalue weighted by atomic mass is 10.2. The predicted octanol–water partition coefficient (Wildman–Crippen LogP) is 3.66. The smallest absolute Gasteiger partial charge is 0.249 e. The van der Waals surface area contributed by atoms with Gasteiger partial charge in [-0.05, 0) is 18.2 Å². The minimum absolute atomic E-state index is 0.127. The molecule has 0 unspecified atom stereocenters. The summed E-state index contributed by atoms with van der Waals surface area (Å²) in [5.74, 6) is 1.89. The third-order valence-electron chi connectivity index (χ3n) is 4.53. The summed E-state index contributed by atoms with van der Waals surface area (Å²) in [4.78, 5) is 12.7. The van der Waals surface area contributed by atoms with Crippen molar-refractivity contribution in [1.29, 1.82) is 0 Å². The number of carbonyl (C=O) groups excluding carboxylic acids is 1. The van der Waals surface area contributed by atoms with Crippen LogP contribution in [0.5, 0.6) is 11.5 Å². The number of nitrogens with zero attached hydrogens (tertiary/aromatic N) is 3. The Balaban J connectivity index is 1.60. The van der Waals surface area contributed by atoms with E-state index in [1.165, 1.54) is 0 Å². The average molecular weight is 392 g/mol. The number of nitrogens with one attached hydrogen (secondary N) is 1. The van der Waals surface area contributed by atoms with Crippen LogP contribution >= 0.6 is 0 Å². The molecular weight excluding hydrogens is 372 g/mol. The molecule has 0 aliphatic rings. The molecule has 8 nitrogen and oxygen atoms in total. The fourth-order valence-electron chi connectivity index (χ4n) is 3.22. The Kier molecular flexibility index (Phi) is 4.90. The van der Waals surface area contributed by atoms with Crippen LogP contribution in [-0.4, -0.2) is 34.9 Å². The van der Waals surface area contributed by atoms with Gasteiger partial charge in [0, 0.05) is 35.8 Å². The number of carbonyl (C=O) groups is 1. The van der Waals surface area contributed by atoms with Crippen LogP contribution < -0.4 is 14.8 Å². The van der Waals surface area contributed by atoms with E-state index in [1.54, 1.807) is 39.3 Å². The first-order valence-corrected chi connectivity index (χ1v) is 8.99. The van der Waals surface area contributed by atoms with Crippen molar-refractivity contribution in [3.63, 3.8) is 0 Å². The van der Waals surface area contributed by atoms with Crippen molar-refractivity contribution < 1.29 is 18.7 Å². The van der Waals surface area contributed by atoms with Gasteiger partial charge in [-0.25, -0.2) is 0 Å². The van der Waals surface area contributed by atoms with Crippen molar-refractivity contribution in [2.75, 3.05) is 19.5 Å². The van der Waals surface area contributed by atoms with Gasteiger partial charge in [0.1, 0.15) is 6.54 Å². The molecule has 0 aliphatic heterocycles. The lowest BCUT2D eigenvalue weighted by molar-refractivity contribution is -0.116. The van der Waals surface area contributed by atoms with E-state index in [0.29, 0.717) is 29.0 Å². The van der Waals surface area contributed by atoms with Crippen LogP contribution in [0.4, 0.5) is 5.69 Å². The zero-order valence-electron chi connectivity index (χ0n) is 16.3. The Morgan fingerprint density at radius 2 is 1.90 bits per heavy atom. The van der Waals surface area contributed by atoms with Crippen molar-refractivity contribution in [3.8, 4) is 23.0 Å². The molecule has 0 spiro atoms. The molecule has 29 heavy (non-hydrogen) atoms. The molecule has 2 heterocycles. The molecule has 0 saturated heterocycles.